The molecule has 2 rings (SSSR count). The summed E-state index contributed by atoms with van der Waals surface area (Å²) in [6, 6.07) is 0.220. The Morgan fingerprint density at radius 3 is 2.82 bits per heavy atom. The summed E-state index contributed by atoms with van der Waals surface area (Å²) < 4.78 is 9.60. The maximum Gasteiger partial charge on any atom is 0.328 e. The fourth-order valence-electron chi connectivity index (χ4n) is 2.56. The molecule has 7 heteroatoms. The van der Waals surface area contributed by atoms with E-state index in [1.165, 1.54) is 30.6 Å². The number of hydrogen-bond donors (Lipinski definition) is 1. The van der Waals surface area contributed by atoms with E-state index in [1.807, 2.05) is 0 Å². The Hall–Kier alpha value is -2.31. The molecule has 2 amide bonds. The van der Waals surface area contributed by atoms with Crippen molar-refractivity contribution < 1.29 is 23.5 Å². The Morgan fingerprint density at radius 2 is 2.18 bits per heavy atom. The second-order valence-corrected chi connectivity index (χ2v) is 5.27. The summed E-state index contributed by atoms with van der Waals surface area (Å²) in [4.78, 5) is 37.7. The molecule has 1 aromatic rings. The van der Waals surface area contributed by atoms with E-state index in [1.54, 1.807) is 6.92 Å². The van der Waals surface area contributed by atoms with Gasteiger partial charge in [-0.3, -0.25) is 9.59 Å². The second kappa shape index (κ2) is 7.11. The van der Waals surface area contributed by atoms with Gasteiger partial charge in [-0.05, 0) is 32.3 Å². The molecular weight excluding hydrogens is 288 g/mol. The fraction of sp³-hybridized carbons (Fsp3) is 0.533. The highest BCUT2D eigenvalue weighted by Crippen LogP contribution is 2.19. The van der Waals surface area contributed by atoms with Crippen LogP contribution in [0.25, 0.3) is 0 Å². The fourth-order valence-corrected chi connectivity index (χ4v) is 2.56. The van der Waals surface area contributed by atoms with E-state index < -0.39 is 18.1 Å². The van der Waals surface area contributed by atoms with E-state index in [2.05, 4.69) is 5.32 Å². The van der Waals surface area contributed by atoms with Crippen molar-refractivity contribution >= 4 is 17.8 Å². The third kappa shape index (κ3) is 3.47. The highest BCUT2D eigenvalue weighted by molar-refractivity contribution is 5.97. The number of furan rings is 1. The first-order chi connectivity index (χ1) is 10.5. The van der Waals surface area contributed by atoms with Crippen molar-refractivity contribution in [1.29, 1.82) is 0 Å². The molecule has 7 nitrogen and oxygen atoms in total. The van der Waals surface area contributed by atoms with Gasteiger partial charge in [0.15, 0.2) is 0 Å². The van der Waals surface area contributed by atoms with Gasteiger partial charge in [0.1, 0.15) is 18.3 Å². The number of esters is 1. The average molecular weight is 308 g/mol. The first kappa shape index (κ1) is 16.1. The Balaban J connectivity index is 2.02. The molecule has 2 atom stereocenters. The van der Waals surface area contributed by atoms with Gasteiger partial charge in [-0.1, -0.05) is 0 Å². The van der Waals surface area contributed by atoms with Crippen LogP contribution >= 0.6 is 0 Å². The van der Waals surface area contributed by atoms with Crippen LogP contribution < -0.4 is 5.32 Å². The van der Waals surface area contributed by atoms with Crippen LogP contribution in [0.1, 0.15) is 36.5 Å². The molecule has 22 heavy (non-hydrogen) atoms. The molecule has 2 heterocycles. The maximum absolute atomic E-state index is 12.5. The lowest BCUT2D eigenvalue weighted by Gasteiger charge is -2.35. The van der Waals surface area contributed by atoms with Crippen molar-refractivity contribution in [2.45, 2.75) is 38.3 Å². The van der Waals surface area contributed by atoms with Crippen LogP contribution in [0.5, 0.6) is 0 Å². The normalized spacial score (nSPS) is 19.4. The smallest absolute Gasteiger partial charge is 0.328 e. The monoisotopic (exact) mass is 308 g/mol. The van der Waals surface area contributed by atoms with Gasteiger partial charge in [0.05, 0.1) is 18.9 Å². The standard InChI is InChI=1S/C15H20N2O5/c1-10(16-13(18)11-6-8-22-9-11)14(19)17-7-4-3-5-12(17)15(20)21-2/h6,8-10,12H,3-5,7H2,1-2H3,(H,16,18)/t10-,12-/m1/s1. The van der Waals surface area contributed by atoms with Gasteiger partial charge in [0.2, 0.25) is 5.91 Å². The molecule has 1 aromatic heterocycles. The van der Waals surface area contributed by atoms with Crippen LogP contribution in [0.2, 0.25) is 0 Å². The lowest BCUT2D eigenvalue weighted by molar-refractivity contribution is -0.155. The largest absolute Gasteiger partial charge is 0.472 e. The Kier molecular flexibility index (Phi) is 5.19. The van der Waals surface area contributed by atoms with Gasteiger partial charge < -0.3 is 19.4 Å². The summed E-state index contributed by atoms with van der Waals surface area (Å²) in [5.41, 5.74) is 0.350. The summed E-state index contributed by atoms with van der Waals surface area (Å²) in [6.45, 7) is 2.09. The van der Waals surface area contributed by atoms with E-state index in [-0.39, 0.29) is 11.8 Å². The number of rotatable bonds is 4. The number of nitrogens with one attached hydrogen (secondary N) is 1. The number of amides is 2. The lowest BCUT2D eigenvalue weighted by Crippen LogP contribution is -2.54. The molecule has 0 saturated carbocycles. The third-order valence-electron chi connectivity index (χ3n) is 3.76. The van der Waals surface area contributed by atoms with Gasteiger partial charge in [-0.2, -0.15) is 0 Å². The molecule has 1 aliphatic heterocycles. The molecular formula is C15H20N2O5. The quantitative estimate of drug-likeness (QED) is 0.837. The number of ether oxygens (including phenoxy) is 1. The SMILES string of the molecule is COC(=O)[C@H]1CCCCN1C(=O)[C@@H](C)NC(=O)c1ccoc1. The zero-order valence-electron chi connectivity index (χ0n) is 12.7. The first-order valence-corrected chi connectivity index (χ1v) is 7.26. The summed E-state index contributed by atoms with van der Waals surface area (Å²) in [5, 5.41) is 2.61. The van der Waals surface area contributed by atoms with Gasteiger partial charge in [-0.15, -0.1) is 0 Å². The Morgan fingerprint density at radius 1 is 1.41 bits per heavy atom. The number of hydrogen-bond acceptors (Lipinski definition) is 5. The number of methoxy groups -OCH3 is 1. The minimum atomic E-state index is -0.729. The molecule has 1 N–H and O–H groups in total. The van der Waals surface area contributed by atoms with E-state index in [9.17, 15) is 14.4 Å². The molecule has 1 aliphatic rings. The van der Waals surface area contributed by atoms with Crippen LogP contribution in [0.4, 0.5) is 0 Å². The van der Waals surface area contributed by atoms with Crippen LogP contribution in [0, 0.1) is 0 Å². The zero-order valence-corrected chi connectivity index (χ0v) is 12.7. The van der Waals surface area contributed by atoms with Crippen LogP contribution in [0.15, 0.2) is 23.0 Å². The van der Waals surface area contributed by atoms with Crippen molar-refractivity contribution in [2.75, 3.05) is 13.7 Å². The molecule has 0 aliphatic carbocycles. The van der Waals surface area contributed by atoms with Crippen LogP contribution in [-0.2, 0) is 14.3 Å². The number of carbonyl (C=O) groups is 3. The number of carbonyl (C=O) groups excluding carboxylic acids is 3. The van der Waals surface area contributed by atoms with Crippen molar-refractivity contribution in [3.05, 3.63) is 24.2 Å². The van der Waals surface area contributed by atoms with E-state index in [4.69, 9.17) is 9.15 Å². The topological polar surface area (TPSA) is 88.9 Å². The molecule has 1 fully saturated rings. The minimum Gasteiger partial charge on any atom is -0.472 e. The average Bonchev–Trinajstić information content (AvgIpc) is 3.07. The summed E-state index contributed by atoms with van der Waals surface area (Å²) in [5.74, 6) is -1.09. The van der Waals surface area contributed by atoms with Gasteiger partial charge >= 0.3 is 5.97 Å². The molecule has 120 valence electrons. The van der Waals surface area contributed by atoms with E-state index in [0.717, 1.165) is 12.8 Å². The maximum atomic E-state index is 12.5. The Bertz CT molecular complexity index is 540. The van der Waals surface area contributed by atoms with E-state index in [0.29, 0.717) is 18.5 Å². The summed E-state index contributed by atoms with van der Waals surface area (Å²) in [7, 11) is 1.31. The van der Waals surface area contributed by atoms with Gasteiger partial charge in [-0.25, -0.2) is 4.79 Å². The van der Waals surface area contributed by atoms with E-state index >= 15 is 0 Å². The number of piperidine rings is 1. The lowest BCUT2D eigenvalue weighted by atomic mass is 10.0. The molecule has 0 bridgehead atoms. The van der Waals surface area contributed by atoms with Crippen molar-refractivity contribution in [3.8, 4) is 0 Å². The molecule has 0 unspecified atom stereocenters. The van der Waals surface area contributed by atoms with Gasteiger partial charge in [0, 0.05) is 6.54 Å². The summed E-state index contributed by atoms with van der Waals surface area (Å²) >= 11 is 0. The first-order valence-electron chi connectivity index (χ1n) is 7.26. The summed E-state index contributed by atoms with van der Waals surface area (Å²) in [6.07, 6.45) is 4.99. The van der Waals surface area contributed by atoms with Crippen molar-refractivity contribution in [2.24, 2.45) is 0 Å². The molecule has 1 saturated heterocycles. The highest BCUT2D eigenvalue weighted by Gasteiger charge is 2.35. The number of nitrogens with zero attached hydrogens (tertiary/aromatic N) is 1. The molecule has 0 radical (unpaired) electrons. The van der Waals surface area contributed by atoms with Crippen LogP contribution in [0.3, 0.4) is 0 Å². The zero-order chi connectivity index (χ0) is 16.1. The third-order valence-corrected chi connectivity index (χ3v) is 3.76. The predicted molar refractivity (Wildman–Crippen MR) is 77.0 cm³/mol. The number of likely N-dealkylation sites (tertiary alicyclic amines) is 1. The van der Waals surface area contributed by atoms with Crippen LogP contribution in [-0.4, -0.2) is 48.4 Å². The van der Waals surface area contributed by atoms with Gasteiger partial charge in [0.25, 0.3) is 5.91 Å². The molecule has 0 spiro atoms. The van der Waals surface area contributed by atoms with Crippen molar-refractivity contribution in [3.63, 3.8) is 0 Å². The minimum absolute atomic E-state index is 0.285. The van der Waals surface area contributed by atoms with Crippen molar-refractivity contribution in [1.82, 2.24) is 10.2 Å². The second-order valence-electron chi connectivity index (χ2n) is 5.27. The Labute approximate surface area is 128 Å². The molecule has 0 aromatic carbocycles. The predicted octanol–water partition coefficient (Wildman–Crippen LogP) is 0.952. The highest BCUT2D eigenvalue weighted by atomic mass is 16.5.